The van der Waals surface area contributed by atoms with Crippen molar-refractivity contribution in [1.82, 2.24) is 4.90 Å². The summed E-state index contributed by atoms with van der Waals surface area (Å²) in [5.74, 6) is 0.917. The predicted molar refractivity (Wildman–Crippen MR) is 73.9 cm³/mol. The van der Waals surface area contributed by atoms with Gasteiger partial charge in [0.25, 0.3) is 0 Å². The van der Waals surface area contributed by atoms with Crippen LogP contribution in [0.15, 0.2) is 0 Å². The van der Waals surface area contributed by atoms with Crippen LogP contribution >= 0.6 is 11.8 Å². The molecule has 0 aromatic carbocycles. The van der Waals surface area contributed by atoms with Gasteiger partial charge >= 0.3 is 0 Å². The minimum atomic E-state index is -0.795. The van der Waals surface area contributed by atoms with Crippen LogP contribution in [0.25, 0.3) is 0 Å². The summed E-state index contributed by atoms with van der Waals surface area (Å²) in [6.45, 7) is 4.77. The van der Waals surface area contributed by atoms with Gasteiger partial charge in [-0.3, -0.25) is 4.79 Å². The van der Waals surface area contributed by atoms with Crippen LogP contribution in [-0.4, -0.2) is 36.4 Å². The summed E-state index contributed by atoms with van der Waals surface area (Å²) in [4.78, 5) is 14.1. The first-order chi connectivity index (χ1) is 8.07. The highest BCUT2D eigenvalue weighted by Gasteiger charge is 2.38. The van der Waals surface area contributed by atoms with E-state index in [1.165, 1.54) is 0 Å². The van der Waals surface area contributed by atoms with Crippen molar-refractivity contribution in [1.29, 1.82) is 5.26 Å². The van der Waals surface area contributed by atoms with Crippen molar-refractivity contribution in [3.8, 4) is 6.07 Å². The molecule has 3 nitrogen and oxygen atoms in total. The third-order valence-corrected chi connectivity index (χ3v) is 3.55. The van der Waals surface area contributed by atoms with E-state index in [1.807, 2.05) is 20.1 Å². The van der Waals surface area contributed by atoms with Gasteiger partial charge in [-0.2, -0.15) is 17.0 Å². The lowest BCUT2D eigenvalue weighted by atomic mass is 9.79. The Kier molecular flexibility index (Phi) is 8.07. The molecule has 0 aliphatic heterocycles. The number of hydrogen-bond donors (Lipinski definition) is 0. The van der Waals surface area contributed by atoms with E-state index in [0.29, 0.717) is 12.8 Å². The molecule has 0 aromatic heterocycles. The molecule has 0 N–H and O–H groups in total. The maximum absolute atomic E-state index is 12.4. The number of carbonyl (C=O) groups excluding carboxylic acids is 1. The number of nitrogens with zero attached hydrogens (tertiary/aromatic N) is 2. The minimum absolute atomic E-state index is 0.00208. The second kappa shape index (κ2) is 8.41. The van der Waals surface area contributed by atoms with Gasteiger partial charge in [0.2, 0.25) is 5.91 Å². The maximum Gasteiger partial charge on any atom is 0.242 e. The van der Waals surface area contributed by atoms with Crippen LogP contribution in [0, 0.1) is 16.7 Å². The molecule has 0 spiro atoms. The summed E-state index contributed by atoms with van der Waals surface area (Å²) in [5, 5.41) is 9.38. The molecule has 98 valence electrons. The summed E-state index contributed by atoms with van der Waals surface area (Å²) < 4.78 is 0. The Bertz CT molecular complexity index is 267. The quantitative estimate of drug-likeness (QED) is 0.670. The summed E-state index contributed by atoms with van der Waals surface area (Å²) in [5.41, 5.74) is -0.795. The molecule has 17 heavy (non-hydrogen) atoms. The van der Waals surface area contributed by atoms with E-state index in [9.17, 15) is 10.1 Å². The molecule has 0 saturated heterocycles. The van der Waals surface area contributed by atoms with Crippen LogP contribution in [0.1, 0.15) is 39.5 Å². The van der Waals surface area contributed by atoms with Gasteiger partial charge in [-0.15, -0.1) is 0 Å². The van der Waals surface area contributed by atoms with E-state index >= 15 is 0 Å². The SMILES string of the molecule is CCCC(C#N)(CCC)C(=O)N(C)CCSC. The second-order valence-corrected chi connectivity index (χ2v) is 5.40. The average Bonchev–Trinajstić information content (AvgIpc) is 2.34. The molecular weight excluding hydrogens is 232 g/mol. The van der Waals surface area contributed by atoms with Gasteiger partial charge < -0.3 is 4.90 Å². The number of thioether (sulfide) groups is 1. The van der Waals surface area contributed by atoms with Crippen LogP contribution in [0.4, 0.5) is 0 Å². The minimum Gasteiger partial charge on any atom is -0.344 e. The zero-order valence-electron chi connectivity index (χ0n) is 11.5. The number of carbonyl (C=O) groups is 1. The normalized spacial score (nSPS) is 11.0. The molecule has 0 fully saturated rings. The fraction of sp³-hybridized carbons (Fsp3) is 0.846. The van der Waals surface area contributed by atoms with Crippen LogP contribution in [0.2, 0.25) is 0 Å². The Morgan fingerprint density at radius 3 is 2.24 bits per heavy atom. The molecule has 0 atom stereocenters. The van der Waals surface area contributed by atoms with Crippen molar-refractivity contribution in [2.75, 3.05) is 25.6 Å². The monoisotopic (exact) mass is 256 g/mol. The average molecular weight is 256 g/mol. The van der Waals surface area contributed by atoms with Crippen LogP contribution in [-0.2, 0) is 4.79 Å². The maximum atomic E-state index is 12.4. The molecular formula is C13H24N2OS. The highest BCUT2D eigenvalue weighted by molar-refractivity contribution is 7.98. The van der Waals surface area contributed by atoms with E-state index in [0.717, 1.165) is 25.1 Å². The van der Waals surface area contributed by atoms with E-state index in [-0.39, 0.29) is 5.91 Å². The van der Waals surface area contributed by atoms with E-state index in [2.05, 4.69) is 6.07 Å². The molecule has 0 aromatic rings. The van der Waals surface area contributed by atoms with Crippen molar-refractivity contribution in [2.45, 2.75) is 39.5 Å². The highest BCUT2D eigenvalue weighted by Crippen LogP contribution is 2.31. The first-order valence-electron chi connectivity index (χ1n) is 6.23. The second-order valence-electron chi connectivity index (χ2n) is 4.41. The highest BCUT2D eigenvalue weighted by atomic mass is 32.2. The Morgan fingerprint density at radius 2 is 1.88 bits per heavy atom. The first-order valence-corrected chi connectivity index (χ1v) is 7.63. The predicted octanol–water partition coefficient (Wildman–Crippen LogP) is 2.92. The van der Waals surface area contributed by atoms with Crippen LogP contribution in [0.3, 0.4) is 0 Å². The number of amides is 1. The number of rotatable bonds is 8. The molecule has 0 rings (SSSR count). The largest absolute Gasteiger partial charge is 0.344 e. The molecule has 0 bridgehead atoms. The molecule has 0 aliphatic rings. The van der Waals surface area contributed by atoms with Crippen LogP contribution < -0.4 is 0 Å². The van der Waals surface area contributed by atoms with Gasteiger partial charge in [0.1, 0.15) is 5.41 Å². The third-order valence-electron chi connectivity index (χ3n) is 2.95. The third kappa shape index (κ3) is 4.59. The first kappa shape index (κ1) is 16.3. The Balaban J connectivity index is 4.79. The van der Waals surface area contributed by atoms with Crippen LogP contribution in [0.5, 0.6) is 0 Å². The summed E-state index contributed by atoms with van der Waals surface area (Å²) in [6, 6.07) is 2.28. The van der Waals surface area contributed by atoms with Crippen molar-refractivity contribution in [3.63, 3.8) is 0 Å². The fourth-order valence-electron chi connectivity index (χ4n) is 2.05. The zero-order valence-corrected chi connectivity index (χ0v) is 12.3. The van der Waals surface area contributed by atoms with Crippen molar-refractivity contribution >= 4 is 17.7 Å². The fourth-order valence-corrected chi connectivity index (χ4v) is 2.50. The smallest absolute Gasteiger partial charge is 0.242 e. The summed E-state index contributed by atoms with van der Waals surface area (Å²) in [6.07, 6.45) is 5.10. The summed E-state index contributed by atoms with van der Waals surface area (Å²) in [7, 11) is 1.80. The molecule has 0 radical (unpaired) electrons. The van der Waals surface area contributed by atoms with Gasteiger partial charge in [-0.05, 0) is 19.1 Å². The van der Waals surface area contributed by atoms with Gasteiger partial charge in [0.05, 0.1) is 6.07 Å². The van der Waals surface area contributed by atoms with Crippen molar-refractivity contribution < 1.29 is 4.79 Å². The molecule has 0 heterocycles. The lowest BCUT2D eigenvalue weighted by Gasteiger charge is -2.29. The molecule has 0 saturated carbocycles. The van der Waals surface area contributed by atoms with E-state index in [4.69, 9.17) is 0 Å². The summed E-state index contributed by atoms with van der Waals surface area (Å²) >= 11 is 1.72. The van der Waals surface area contributed by atoms with E-state index < -0.39 is 5.41 Å². The standard InChI is InChI=1S/C13H24N2OS/c1-5-7-13(11-14,8-6-2)12(16)15(3)9-10-17-4/h5-10H2,1-4H3. The Morgan fingerprint density at radius 1 is 1.35 bits per heavy atom. The van der Waals surface area contributed by atoms with Gasteiger partial charge in [0, 0.05) is 19.3 Å². The Hall–Kier alpha value is -0.690. The lowest BCUT2D eigenvalue weighted by Crippen LogP contribution is -2.42. The van der Waals surface area contributed by atoms with Gasteiger partial charge in [-0.1, -0.05) is 26.7 Å². The van der Waals surface area contributed by atoms with E-state index in [1.54, 1.807) is 23.7 Å². The number of nitriles is 1. The molecule has 0 unspecified atom stereocenters. The van der Waals surface area contributed by atoms with Gasteiger partial charge in [-0.25, -0.2) is 0 Å². The molecule has 0 aliphatic carbocycles. The topological polar surface area (TPSA) is 44.1 Å². The lowest BCUT2D eigenvalue weighted by molar-refractivity contribution is -0.138. The number of hydrogen-bond acceptors (Lipinski definition) is 3. The molecule has 1 amide bonds. The zero-order chi connectivity index (χ0) is 13.3. The van der Waals surface area contributed by atoms with Gasteiger partial charge in [0.15, 0.2) is 0 Å². The Labute approximate surface area is 110 Å². The van der Waals surface area contributed by atoms with Crippen molar-refractivity contribution in [3.05, 3.63) is 0 Å². The van der Waals surface area contributed by atoms with Crippen molar-refractivity contribution in [2.24, 2.45) is 5.41 Å². The molecule has 4 heteroatoms.